The molecular formula is C18H28N2O3. The molecule has 0 bridgehead atoms. The van der Waals surface area contributed by atoms with Crippen LogP contribution in [-0.4, -0.2) is 61.1 Å². The minimum absolute atomic E-state index is 0.136. The number of amides is 1. The average Bonchev–Trinajstić information content (AvgIpc) is 3.09. The highest BCUT2D eigenvalue weighted by molar-refractivity contribution is 5.84. The van der Waals surface area contributed by atoms with Crippen LogP contribution >= 0.6 is 0 Å². The number of aryl methyl sites for hydroxylation is 2. The summed E-state index contributed by atoms with van der Waals surface area (Å²) in [7, 11) is 0. The molecule has 5 nitrogen and oxygen atoms in total. The molecule has 0 aliphatic carbocycles. The van der Waals surface area contributed by atoms with Crippen molar-refractivity contribution in [2.45, 2.75) is 39.7 Å². The average molecular weight is 320 g/mol. The Kier molecular flexibility index (Phi) is 4.78. The number of carbonyl (C=O) groups is 1. The summed E-state index contributed by atoms with van der Waals surface area (Å²) in [6.45, 7) is 13.4. The molecule has 0 saturated carbocycles. The number of carbonyl (C=O) groups excluding carboxylic acids is 1. The monoisotopic (exact) mass is 320 g/mol. The van der Waals surface area contributed by atoms with E-state index in [4.69, 9.17) is 9.15 Å². The molecule has 0 spiro atoms. The zero-order valence-corrected chi connectivity index (χ0v) is 14.7. The van der Waals surface area contributed by atoms with Crippen LogP contribution < -0.4 is 0 Å². The second-order valence-electron chi connectivity index (χ2n) is 7.03. The normalized spacial score (nSPS) is 27.4. The molecule has 2 saturated heterocycles. The van der Waals surface area contributed by atoms with Crippen molar-refractivity contribution in [3.63, 3.8) is 0 Å². The van der Waals surface area contributed by atoms with Crippen molar-refractivity contribution >= 4 is 5.91 Å². The highest BCUT2D eigenvalue weighted by Crippen LogP contribution is 2.29. The third kappa shape index (κ3) is 3.31. The van der Waals surface area contributed by atoms with Crippen LogP contribution in [0.5, 0.6) is 0 Å². The largest absolute Gasteiger partial charge is 0.466 e. The van der Waals surface area contributed by atoms with Gasteiger partial charge in [-0.05, 0) is 32.8 Å². The molecule has 2 aliphatic heterocycles. The lowest BCUT2D eigenvalue weighted by Gasteiger charge is -2.34. The molecule has 1 aromatic rings. The van der Waals surface area contributed by atoms with E-state index in [1.807, 2.05) is 31.7 Å². The Morgan fingerprint density at radius 3 is 2.57 bits per heavy atom. The molecule has 1 amide bonds. The van der Waals surface area contributed by atoms with Crippen LogP contribution in [0.15, 0.2) is 10.5 Å². The van der Waals surface area contributed by atoms with E-state index in [0.29, 0.717) is 12.0 Å². The van der Waals surface area contributed by atoms with Crippen LogP contribution in [0.25, 0.3) is 0 Å². The van der Waals surface area contributed by atoms with Crippen molar-refractivity contribution in [3.8, 4) is 0 Å². The van der Waals surface area contributed by atoms with E-state index in [2.05, 4.69) is 11.8 Å². The van der Waals surface area contributed by atoms with Crippen LogP contribution in [0.2, 0.25) is 0 Å². The molecule has 0 N–H and O–H groups in total. The van der Waals surface area contributed by atoms with Gasteiger partial charge in [0.1, 0.15) is 11.5 Å². The minimum atomic E-state index is -0.136. The molecule has 2 fully saturated rings. The lowest BCUT2D eigenvalue weighted by molar-refractivity contribution is -0.131. The number of rotatable bonds is 3. The van der Waals surface area contributed by atoms with Gasteiger partial charge in [-0.3, -0.25) is 9.69 Å². The summed E-state index contributed by atoms with van der Waals surface area (Å²) in [5.41, 5.74) is 1.02. The molecule has 3 heterocycles. The number of hydrogen-bond acceptors (Lipinski definition) is 4. The van der Waals surface area contributed by atoms with Gasteiger partial charge in [-0.1, -0.05) is 6.92 Å². The van der Waals surface area contributed by atoms with Crippen molar-refractivity contribution in [2.24, 2.45) is 5.92 Å². The predicted molar refractivity (Wildman–Crippen MR) is 88.5 cm³/mol. The number of ether oxygens (including phenoxy) is 1. The quantitative estimate of drug-likeness (QED) is 0.856. The topological polar surface area (TPSA) is 45.9 Å². The van der Waals surface area contributed by atoms with Gasteiger partial charge in [-0.15, -0.1) is 0 Å². The molecule has 3 atom stereocenters. The Morgan fingerprint density at radius 1 is 1.26 bits per heavy atom. The number of nitrogens with zero attached hydrogens (tertiary/aromatic N) is 2. The first-order valence-corrected chi connectivity index (χ1v) is 8.65. The van der Waals surface area contributed by atoms with Gasteiger partial charge in [0.2, 0.25) is 5.91 Å². The smallest absolute Gasteiger partial charge is 0.230 e. The van der Waals surface area contributed by atoms with Crippen LogP contribution in [0, 0.1) is 19.8 Å². The number of hydrogen-bond donors (Lipinski definition) is 0. The number of morpholine rings is 1. The van der Waals surface area contributed by atoms with Gasteiger partial charge in [0.25, 0.3) is 0 Å². The van der Waals surface area contributed by atoms with E-state index >= 15 is 0 Å². The highest BCUT2D eigenvalue weighted by atomic mass is 16.5. The molecular weight excluding hydrogens is 292 g/mol. The van der Waals surface area contributed by atoms with E-state index in [-0.39, 0.29) is 11.8 Å². The first-order chi connectivity index (χ1) is 11.0. The maximum Gasteiger partial charge on any atom is 0.230 e. The van der Waals surface area contributed by atoms with Gasteiger partial charge < -0.3 is 14.1 Å². The molecule has 1 aromatic heterocycles. The summed E-state index contributed by atoms with van der Waals surface area (Å²) in [5.74, 6) is 2.33. The van der Waals surface area contributed by atoms with Gasteiger partial charge in [-0.25, -0.2) is 0 Å². The van der Waals surface area contributed by atoms with Crippen molar-refractivity contribution in [2.75, 3.05) is 39.4 Å². The van der Waals surface area contributed by atoms with Crippen LogP contribution in [0.1, 0.15) is 36.8 Å². The second kappa shape index (κ2) is 6.65. The number of likely N-dealkylation sites (tertiary alicyclic amines) is 1. The summed E-state index contributed by atoms with van der Waals surface area (Å²) in [4.78, 5) is 17.4. The van der Waals surface area contributed by atoms with Gasteiger partial charge in [0.05, 0.1) is 19.1 Å². The molecule has 0 unspecified atom stereocenters. The SMILES string of the molecule is Cc1cc([C@H](C)C(=O)N2C[C@@H](C)[C@H](N3CCOCC3)C2)c(C)o1. The Balaban J connectivity index is 1.67. The standard InChI is InChI=1S/C18H28N2O3/c1-12-10-20(11-17(12)19-5-7-22-8-6-19)18(21)14(3)16-9-13(2)23-15(16)4/h9,12,14,17H,5-8,10-11H2,1-4H3/t12-,14+,17-/m1/s1. The van der Waals surface area contributed by atoms with Crippen molar-refractivity contribution < 1.29 is 13.9 Å². The summed E-state index contributed by atoms with van der Waals surface area (Å²) in [6.07, 6.45) is 0. The zero-order valence-electron chi connectivity index (χ0n) is 14.7. The van der Waals surface area contributed by atoms with Gasteiger partial charge in [-0.2, -0.15) is 0 Å². The summed E-state index contributed by atoms with van der Waals surface area (Å²) >= 11 is 0. The maximum absolute atomic E-state index is 12.9. The lowest BCUT2D eigenvalue weighted by Crippen LogP contribution is -2.47. The zero-order chi connectivity index (χ0) is 16.6. The molecule has 0 radical (unpaired) electrons. The van der Waals surface area contributed by atoms with Crippen LogP contribution in [0.3, 0.4) is 0 Å². The third-order valence-corrected chi connectivity index (χ3v) is 5.32. The number of furan rings is 1. The molecule has 2 aliphatic rings. The van der Waals surface area contributed by atoms with Crippen LogP contribution in [-0.2, 0) is 9.53 Å². The lowest BCUT2D eigenvalue weighted by atomic mass is 10.00. The Hall–Kier alpha value is -1.33. The first-order valence-electron chi connectivity index (χ1n) is 8.65. The Labute approximate surface area is 138 Å². The Bertz CT molecular complexity index is 563. The van der Waals surface area contributed by atoms with E-state index in [0.717, 1.165) is 56.5 Å². The van der Waals surface area contributed by atoms with E-state index in [9.17, 15) is 4.79 Å². The second-order valence-corrected chi connectivity index (χ2v) is 7.03. The summed E-state index contributed by atoms with van der Waals surface area (Å²) in [5, 5.41) is 0. The molecule has 23 heavy (non-hydrogen) atoms. The third-order valence-electron chi connectivity index (χ3n) is 5.32. The van der Waals surface area contributed by atoms with E-state index in [1.54, 1.807) is 0 Å². The van der Waals surface area contributed by atoms with Crippen molar-refractivity contribution in [3.05, 3.63) is 23.2 Å². The molecule has 3 rings (SSSR count). The fraction of sp³-hybridized carbons (Fsp3) is 0.722. The maximum atomic E-state index is 12.9. The summed E-state index contributed by atoms with van der Waals surface area (Å²) in [6, 6.07) is 2.46. The highest BCUT2D eigenvalue weighted by Gasteiger charge is 2.38. The van der Waals surface area contributed by atoms with Gasteiger partial charge >= 0.3 is 0 Å². The van der Waals surface area contributed by atoms with Crippen molar-refractivity contribution in [1.82, 2.24) is 9.80 Å². The fourth-order valence-corrected chi connectivity index (χ4v) is 4.00. The molecule has 5 heteroatoms. The van der Waals surface area contributed by atoms with Crippen LogP contribution in [0.4, 0.5) is 0 Å². The van der Waals surface area contributed by atoms with Gasteiger partial charge in [0, 0.05) is 37.8 Å². The van der Waals surface area contributed by atoms with E-state index in [1.165, 1.54) is 0 Å². The molecule has 0 aromatic carbocycles. The summed E-state index contributed by atoms with van der Waals surface area (Å²) < 4.78 is 11.0. The van der Waals surface area contributed by atoms with E-state index < -0.39 is 0 Å². The Morgan fingerprint density at radius 2 is 1.96 bits per heavy atom. The van der Waals surface area contributed by atoms with Crippen molar-refractivity contribution in [1.29, 1.82) is 0 Å². The first kappa shape index (κ1) is 16.5. The predicted octanol–water partition coefficient (Wildman–Crippen LogP) is 2.18. The van der Waals surface area contributed by atoms with Gasteiger partial charge in [0.15, 0.2) is 0 Å². The minimum Gasteiger partial charge on any atom is -0.466 e. The fourth-order valence-electron chi connectivity index (χ4n) is 4.00. The molecule has 128 valence electrons.